The second-order valence-corrected chi connectivity index (χ2v) is 6.74. The average molecular weight is 284 g/mol. The van der Waals surface area contributed by atoms with Crippen molar-refractivity contribution in [1.29, 1.82) is 0 Å². The lowest BCUT2D eigenvalue weighted by Gasteiger charge is -2.16. The smallest absolute Gasteiger partial charge is 0.241 e. The first-order chi connectivity index (χ1) is 8.81. The van der Waals surface area contributed by atoms with Gasteiger partial charge in [0.1, 0.15) is 0 Å². The number of nitrogens with two attached hydrogens (primary N) is 1. The maximum Gasteiger partial charge on any atom is 0.241 e. The SMILES string of the molecule is CCCC(C)NS(=O)(=O)c1cc(CN)c(C)cc1C. The molecule has 19 heavy (non-hydrogen) atoms. The first kappa shape index (κ1) is 16.1. The van der Waals surface area contributed by atoms with Crippen molar-refractivity contribution >= 4 is 10.0 Å². The van der Waals surface area contributed by atoms with E-state index in [4.69, 9.17) is 5.73 Å². The zero-order chi connectivity index (χ0) is 14.6. The largest absolute Gasteiger partial charge is 0.326 e. The Balaban J connectivity index is 3.14. The number of hydrogen-bond acceptors (Lipinski definition) is 3. The van der Waals surface area contributed by atoms with Crippen LogP contribution in [0.4, 0.5) is 0 Å². The third kappa shape index (κ3) is 4.03. The third-order valence-electron chi connectivity index (χ3n) is 3.22. The summed E-state index contributed by atoms with van der Waals surface area (Å²) in [5, 5.41) is 0. The number of hydrogen-bond donors (Lipinski definition) is 2. The molecule has 1 unspecified atom stereocenters. The summed E-state index contributed by atoms with van der Waals surface area (Å²) in [5.41, 5.74) is 8.30. The van der Waals surface area contributed by atoms with Crippen LogP contribution in [-0.2, 0) is 16.6 Å². The molecule has 0 heterocycles. The van der Waals surface area contributed by atoms with E-state index in [9.17, 15) is 8.42 Å². The van der Waals surface area contributed by atoms with Crippen molar-refractivity contribution < 1.29 is 8.42 Å². The first-order valence-electron chi connectivity index (χ1n) is 6.64. The molecule has 0 amide bonds. The summed E-state index contributed by atoms with van der Waals surface area (Å²) in [7, 11) is -3.47. The molecule has 1 aromatic rings. The minimum absolute atomic E-state index is 0.0583. The third-order valence-corrected chi connectivity index (χ3v) is 4.95. The summed E-state index contributed by atoms with van der Waals surface area (Å²) in [4.78, 5) is 0.335. The summed E-state index contributed by atoms with van der Waals surface area (Å²) in [6.45, 7) is 8.02. The van der Waals surface area contributed by atoms with E-state index in [0.29, 0.717) is 11.4 Å². The van der Waals surface area contributed by atoms with E-state index in [2.05, 4.69) is 4.72 Å². The van der Waals surface area contributed by atoms with E-state index in [1.165, 1.54) is 0 Å². The Bertz CT molecular complexity index is 539. The van der Waals surface area contributed by atoms with Crippen molar-refractivity contribution in [2.75, 3.05) is 0 Å². The minimum atomic E-state index is -3.47. The summed E-state index contributed by atoms with van der Waals surface area (Å²) >= 11 is 0. The van der Waals surface area contributed by atoms with E-state index in [1.807, 2.05) is 33.8 Å². The Morgan fingerprint density at radius 3 is 2.42 bits per heavy atom. The molecule has 5 heteroatoms. The molecular formula is C14H24N2O2S. The monoisotopic (exact) mass is 284 g/mol. The number of benzene rings is 1. The maximum absolute atomic E-state index is 12.4. The summed E-state index contributed by atoms with van der Waals surface area (Å²) in [6, 6.07) is 3.50. The molecule has 0 aliphatic heterocycles. The van der Waals surface area contributed by atoms with Gasteiger partial charge in [0.25, 0.3) is 0 Å². The molecule has 0 aliphatic rings. The fourth-order valence-electron chi connectivity index (χ4n) is 2.20. The van der Waals surface area contributed by atoms with Gasteiger partial charge in [-0.3, -0.25) is 0 Å². The van der Waals surface area contributed by atoms with Crippen molar-refractivity contribution in [3.63, 3.8) is 0 Å². The Kier molecular flexibility index (Phi) is 5.52. The van der Waals surface area contributed by atoms with Crippen molar-refractivity contribution in [1.82, 2.24) is 4.72 Å². The van der Waals surface area contributed by atoms with E-state index in [0.717, 1.165) is 29.5 Å². The molecule has 0 saturated carbocycles. The first-order valence-corrected chi connectivity index (χ1v) is 8.12. The Morgan fingerprint density at radius 2 is 1.89 bits per heavy atom. The van der Waals surface area contributed by atoms with Gasteiger partial charge < -0.3 is 5.73 Å². The van der Waals surface area contributed by atoms with Gasteiger partial charge in [-0.25, -0.2) is 13.1 Å². The normalized spacial score (nSPS) is 13.5. The molecular weight excluding hydrogens is 260 g/mol. The predicted octanol–water partition coefficient (Wildman–Crippen LogP) is 2.23. The van der Waals surface area contributed by atoms with Crippen LogP contribution in [0.1, 0.15) is 43.4 Å². The van der Waals surface area contributed by atoms with Gasteiger partial charge in [-0.15, -0.1) is 0 Å². The zero-order valence-corrected chi connectivity index (χ0v) is 13.0. The van der Waals surface area contributed by atoms with Gasteiger partial charge in [-0.2, -0.15) is 0 Å². The highest BCUT2D eigenvalue weighted by Gasteiger charge is 2.20. The number of sulfonamides is 1. The highest BCUT2D eigenvalue weighted by atomic mass is 32.2. The van der Waals surface area contributed by atoms with E-state index < -0.39 is 10.0 Å². The lowest BCUT2D eigenvalue weighted by atomic mass is 10.1. The molecule has 1 rings (SSSR count). The van der Waals surface area contributed by atoms with Crippen LogP contribution in [0.15, 0.2) is 17.0 Å². The van der Waals surface area contributed by atoms with Crippen molar-refractivity contribution in [3.8, 4) is 0 Å². The fourth-order valence-corrected chi connectivity index (χ4v) is 3.76. The molecule has 0 aliphatic carbocycles. The van der Waals surface area contributed by atoms with Gasteiger partial charge in [0.05, 0.1) is 4.90 Å². The minimum Gasteiger partial charge on any atom is -0.326 e. The van der Waals surface area contributed by atoms with Crippen LogP contribution in [0.2, 0.25) is 0 Å². The standard InChI is InChI=1S/C14H24N2O2S/c1-5-6-12(4)16-19(17,18)14-8-13(9-15)10(2)7-11(14)3/h7-8,12,16H,5-6,9,15H2,1-4H3. The molecule has 1 atom stereocenters. The van der Waals surface area contributed by atoms with Crippen LogP contribution in [0, 0.1) is 13.8 Å². The molecule has 0 aromatic heterocycles. The summed E-state index contributed by atoms with van der Waals surface area (Å²) < 4.78 is 27.4. The van der Waals surface area contributed by atoms with Gasteiger partial charge >= 0.3 is 0 Å². The lowest BCUT2D eigenvalue weighted by Crippen LogP contribution is -2.33. The molecule has 0 spiro atoms. The second-order valence-electron chi connectivity index (χ2n) is 5.06. The van der Waals surface area contributed by atoms with Gasteiger partial charge in [-0.1, -0.05) is 19.4 Å². The van der Waals surface area contributed by atoms with Crippen LogP contribution >= 0.6 is 0 Å². The Morgan fingerprint density at radius 1 is 1.26 bits per heavy atom. The molecule has 0 radical (unpaired) electrons. The highest BCUT2D eigenvalue weighted by molar-refractivity contribution is 7.89. The molecule has 4 nitrogen and oxygen atoms in total. The maximum atomic E-state index is 12.4. The lowest BCUT2D eigenvalue weighted by molar-refractivity contribution is 0.543. The van der Waals surface area contributed by atoms with Crippen LogP contribution < -0.4 is 10.5 Å². The number of nitrogens with one attached hydrogen (secondary N) is 1. The Hall–Kier alpha value is -0.910. The number of aryl methyl sites for hydroxylation is 2. The Labute approximate surface area is 116 Å². The van der Waals surface area contributed by atoms with E-state index >= 15 is 0 Å². The van der Waals surface area contributed by atoms with Crippen LogP contribution in [0.5, 0.6) is 0 Å². The summed E-state index contributed by atoms with van der Waals surface area (Å²) in [5.74, 6) is 0. The molecule has 108 valence electrons. The molecule has 0 fully saturated rings. The predicted molar refractivity (Wildman–Crippen MR) is 78.5 cm³/mol. The number of rotatable bonds is 6. The van der Waals surface area contributed by atoms with Crippen LogP contribution in [0.25, 0.3) is 0 Å². The quantitative estimate of drug-likeness (QED) is 0.841. The topological polar surface area (TPSA) is 72.2 Å². The van der Waals surface area contributed by atoms with Gasteiger partial charge in [-0.05, 0) is 49.9 Å². The van der Waals surface area contributed by atoms with E-state index in [1.54, 1.807) is 6.07 Å². The van der Waals surface area contributed by atoms with Gasteiger partial charge in [0.15, 0.2) is 0 Å². The molecule has 1 aromatic carbocycles. The molecule has 3 N–H and O–H groups in total. The van der Waals surface area contributed by atoms with Crippen LogP contribution in [-0.4, -0.2) is 14.5 Å². The molecule has 0 bridgehead atoms. The van der Waals surface area contributed by atoms with E-state index in [-0.39, 0.29) is 6.04 Å². The fraction of sp³-hybridized carbons (Fsp3) is 0.571. The van der Waals surface area contributed by atoms with Crippen molar-refractivity contribution in [3.05, 3.63) is 28.8 Å². The summed E-state index contributed by atoms with van der Waals surface area (Å²) in [6.07, 6.45) is 1.78. The van der Waals surface area contributed by atoms with Crippen molar-refractivity contribution in [2.45, 2.75) is 58.0 Å². The second kappa shape index (κ2) is 6.50. The van der Waals surface area contributed by atoms with Crippen molar-refractivity contribution in [2.24, 2.45) is 5.73 Å². The highest BCUT2D eigenvalue weighted by Crippen LogP contribution is 2.20. The zero-order valence-electron chi connectivity index (χ0n) is 12.2. The average Bonchev–Trinajstić information content (AvgIpc) is 2.28. The van der Waals surface area contributed by atoms with Gasteiger partial charge in [0, 0.05) is 12.6 Å². The molecule has 0 saturated heterocycles. The van der Waals surface area contributed by atoms with Crippen LogP contribution in [0.3, 0.4) is 0 Å². The van der Waals surface area contributed by atoms with Gasteiger partial charge in [0.2, 0.25) is 10.0 Å².